The van der Waals surface area contributed by atoms with E-state index < -0.39 is 0 Å². The van der Waals surface area contributed by atoms with E-state index in [-0.39, 0.29) is 6.79 Å². The molecule has 1 aliphatic heterocycles. The van der Waals surface area contributed by atoms with Gasteiger partial charge in [-0.05, 0) is 52.4 Å². The van der Waals surface area contributed by atoms with E-state index in [1.165, 1.54) is 19.3 Å². The number of halogens is 1. The molecule has 1 aromatic carbocycles. The normalized spacial score (nSPS) is 17.5. The number of fused-ring (bicyclic) bond motifs is 1. The second-order valence-corrected chi connectivity index (χ2v) is 6.27. The molecule has 0 radical (unpaired) electrons. The first kappa shape index (κ1) is 14.5. The van der Waals surface area contributed by atoms with E-state index >= 15 is 0 Å². The molecule has 0 amide bonds. The van der Waals surface area contributed by atoms with Gasteiger partial charge in [0, 0.05) is 20.1 Å². The van der Waals surface area contributed by atoms with Crippen LogP contribution in [0.3, 0.4) is 0 Å². The van der Waals surface area contributed by atoms with Crippen molar-refractivity contribution in [1.29, 1.82) is 0 Å². The second kappa shape index (κ2) is 6.56. The summed E-state index contributed by atoms with van der Waals surface area (Å²) in [5.41, 5.74) is 1.12. The molecule has 21 heavy (non-hydrogen) atoms. The highest BCUT2D eigenvalue weighted by Crippen LogP contribution is 2.39. The van der Waals surface area contributed by atoms with Crippen molar-refractivity contribution in [3.63, 3.8) is 0 Å². The highest BCUT2D eigenvalue weighted by molar-refractivity contribution is 9.10. The Kier molecular flexibility index (Phi) is 4.53. The van der Waals surface area contributed by atoms with Gasteiger partial charge in [0.15, 0.2) is 17.5 Å². The molecule has 0 bridgehead atoms. The molecule has 0 atom stereocenters. The van der Waals surface area contributed by atoms with Gasteiger partial charge >= 0.3 is 0 Å². The number of guanidine groups is 1. The van der Waals surface area contributed by atoms with Gasteiger partial charge in [-0.2, -0.15) is 0 Å². The number of aliphatic imine (C=N–C) groups is 1. The zero-order valence-electron chi connectivity index (χ0n) is 12.1. The summed E-state index contributed by atoms with van der Waals surface area (Å²) in [5, 5.41) is 6.71. The van der Waals surface area contributed by atoms with E-state index in [1.807, 2.05) is 12.1 Å². The summed E-state index contributed by atoms with van der Waals surface area (Å²) in [5.74, 6) is 3.23. The number of ether oxygens (including phenoxy) is 2. The Morgan fingerprint density at radius 1 is 1.33 bits per heavy atom. The number of rotatable bonds is 4. The lowest BCUT2D eigenvalue weighted by atomic mass is 9.85. The summed E-state index contributed by atoms with van der Waals surface area (Å²) in [7, 11) is 1.80. The Morgan fingerprint density at radius 2 is 2.19 bits per heavy atom. The molecule has 2 aliphatic rings. The molecule has 114 valence electrons. The zero-order chi connectivity index (χ0) is 14.7. The lowest BCUT2D eigenvalue weighted by molar-refractivity contribution is 0.173. The van der Waals surface area contributed by atoms with E-state index in [2.05, 4.69) is 31.6 Å². The van der Waals surface area contributed by atoms with Gasteiger partial charge in [-0.15, -0.1) is 0 Å². The van der Waals surface area contributed by atoms with Crippen molar-refractivity contribution in [1.82, 2.24) is 10.6 Å². The predicted molar refractivity (Wildman–Crippen MR) is 85.8 cm³/mol. The molecule has 1 heterocycles. The van der Waals surface area contributed by atoms with Gasteiger partial charge in [0.25, 0.3) is 0 Å². The largest absolute Gasteiger partial charge is 0.454 e. The molecule has 3 rings (SSSR count). The number of nitrogens with one attached hydrogen (secondary N) is 2. The fraction of sp³-hybridized carbons (Fsp3) is 0.533. The molecule has 0 aromatic heterocycles. The molecule has 1 aromatic rings. The van der Waals surface area contributed by atoms with Gasteiger partial charge in [0.2, 0.25) is 6.79 Å². The maximum absolute atomic E-state index is 5.43. The van der Waals surface area contributed by atoms with Gasteiger partial charge in [-0.3, -0.25) is 4.99 Å². The summed E-state index contributed by atoms with van der Waals surface area (Å²) in [6.45, 7) is 1.99. The van der Waals surface area contributed by atoms with Crippen LogP contribution in [0.5, 0.6) is 11.5 Å². The summed E-state index contributed by atoms with van der Waals surface area (Å²) in [4.78, 5) is 4.26. The maximum Gasteiger partial charge on any atom is 0.231 e. The summed E-state index contributed by atoms with van der Waals surface area (Å²) in [6, 6.07) is 4.04. The molecular formula is C15H20BrN3O2. The van der Waals surface area contributed by atoms with Crippen LogP contribution < -0.4 is 20.1 Å². The molecule has 5 nitrogen and oxygen atoms in total. The van der Waals surface area contributed by atoms with Crippen molar-refractivity contribution in [2.75, 3.05) is 20.4 Å². The lowest BCUT2D eigenvalue weighted by Gasteiger charge is -2.26. The minimum Gasteiger partial charge on any atom is -0.454 e. The first-order valence-electron chi connectivity index (χ1n) is 7.29. The van der Waals surface area contributed by atoms with E-state index in [0.29, 0.717) is 6.54 Å². The van der Waals surface area contributed by atoms with Crippen molar-refractivity contribution in [3.05, 3.63) is 22.2 Å². The fourth-order valence-corrected chi connectivity index (χ4v) is 3.07. The molecule has 2 N–H and O–H groups in total. The molecule has 0 unspecified atom stereocenters. The van der Waals surface area contributed by atoms with Crippen molar-refractivity contribution in [2.45, 2.75) is 25.8 Å². The third-order valence-corrected chi connectivity index (χ3v) is 4.54. The number of hydrogen-bond acceptors (Lipinski definition) is 3. The highest BCUT2D eigenvalue weighted by Gasteiger charge is 2.19. The number of hydrogen-bond donors (Lipinski definition) is 2. The Hall–Kier alpha value is -1.43. The lowest BCUT2D eigenvalue weighted by Crippen LogP contribution is -2.40. The number of nitrogens with zero attached hydrogens (tertiary/aromatic N) is 1. The first-order valence-corrected chi connectivity index (χ1v) is 8.08. The molecule has 0 spiro atoms. The summed E-state index contributed by atoms with van der Waals surface area (Å²) in [6.07, 6.45) is 4.03. The van der Waals surface area contributed by atoms with Crippen molar-refractivity contribution in [3.8, 4) is 11.5 Å². The van der Waals surface area contributed by atoms with Gasteiger partial charge in [-0.1, -0.05) is 6.42 Å². The van der Waals surface area contributed by atoms with E-state index in [4.69, 9.17) is 9.47 Å². The van der Waals surface area contributed by atoms with Crippen LogP contribution in [0.25, 0.3) is 0 Å². The van der Waals surface area contributed by atoms with Gasteiger partial charge in [0.1, 0.15) is 0 Å². The van der Waals surface area contributed by atoms with Crippen LogP contribution in [0, 0.1) is 5.92 Å². The van der Waals surface area contributed by atoms with Crippen LogP contribution in [-0.2, 0) is 6.54 Å². The van der Waals surface area contributed by atoms with Crippen LogP contribution in [0.4, 0.5) is 0 Å². The minimum absolute atomic E-state index is 0.287. The van der Waals surface area contributed by atoms with E-state index in [9.17, 15) is 0 Å². The second-order valence-electron chi connectivity index (χ2n) is 5.42. The standard InChI is InChI=1S/C15H20BrN3O2/c1-17-15(18-7-10-3-2-4-10)19-8-11-5-12(16)14-13(6-11)20-9-21-14/h5-6,10H,2-4,7-9H2,1H3,(H2,17,18,19). The molecular weight excluding hydrogens is 334 g/mol. The van der Waals surface area contributed by atoms with Crippen LogP contribution >= 0.6 is 15.9 Å². The van der Waals surface area contributed by atoms with E-state index in [1.54, 1.807) is 7.05 Å². The van der Waals surface area contributed by atoms with Crippen molar-refractivity contribution >= 4 is 21.9 Å². The average Bonchev–Trinajstić information content (AvgIpc) is 2.89. The molecule has 0 saturated heterocycles. The van der Waals surface area contributed by atoms with Crippen LogP contribution in [0.15, 0.2) is 21.6 Å². The minimum atomic E-state index is 0.287. The van der Waals surface area contributed by atoms with Gasteiger partial charge < -0.3 is 20.1 Å². The fourth-order valence-electron chi connectivity index (χ4n) is 2.47. The molecule has 6 heteroatoms. The van der Waals surface area contributed by atoms with Gasteiger partial charge in [0.05, 0.1) is 4.47 Å². The quantitative estimate of drug-likeness (QED) is 0.645. The van der Waals surface area contributed by atoms with Crippen molar-refractivity contribution < 1.29 is 9.47 Å². The van der Waals surface area contributed by atoms with Crippen molar-refractivity contribution in [2.24, 2.45) is 10.9 Å². The molecule has 1 aliphatic carbocycles. The topological polar surface area (TPSA) is 54.9 Å². The maximum atomic E-state index is 5.43. The molecule has 1 saturated carbocycles. The average molecular weight is 354 g/mol. The Morgan fingerprint density at radius 3 is 2.90 bits per heavy atom. The van der Waals surface area contributed by atoms with Gasteiger partial charge in [-0.25, -0.2) is 0 Å². The van der Waals surface area contributed by atoms with E-state index in [0.717, 1.165) is 40.0 Å². The predicted octanol–water partition coefficient (Wildman–Crippen LogP) is 2.64. The first-order chi connectivity index (χ1) is 10.3. The third kappa shape index (κ3) is 3.43. The van der Waals surface area contributed by atoms with Crippen LogP contribution in [-0.4, -0.2) is 26.3 Å². The Labute approximate surface area is 133 Å². The zero-order valence-corrected chi connectivity index (χ0v) is 13.7. The van der Waals surface area contributed by atoms with Crippen LogP contribution in [0.1, 0.15) is 24.8 Å². The SMILES string of the molecule is CN=C(NCc1cc(Br)c2c(c1)OCO2)NCC1CCC1. The molecule has 1 fully saturated rings. The Balaban J connectivity index is 1.55. The highest BCUT2D eigenvalue weighted by atomic mass is 79.9. The third-order valence-electron chi connectivity index (χ3n) is 3.95. The summed E-state index contributed by atoms with van der Waals surface area (Å²) >= 11 is 3.51. The Bertz CT molecular complexity index is 544. The van der Waals surface area contributed by atoms with Crippen LogP contribution in [0.2, 0.25) is 0 Å². The monoisotopic (exact) mass is 353 g/mol. The smallest absolute Gasteiger partial charge is 0.231 e. The summed E-state index contributed by atoms with van der Waals surface area (Å²) < 4.78 is 11.7. The number of benzene rings is 1.